The minimum Gasteiger partial charge on any atom is -0.493 e. The zero-order valence-electron chi connectivity index (χ0n) is 9.98. The standard InChI is InChI=1S/C13H18N2O2/c1-9(8-14)15-13(16)11-6-7-17-12-5-3-2-4-10(11)12/h2-5,9,11H,6-8,14H2,1H3,(H,15,16). The van der Waals surface area contributed by atoms with Crippen LogP contribution in [0.1, 0.15) is 24.8 Å². The summed E-state index contributed by atoms with van der Waals surface area (Å²) in [6.07, 6.45) is 0.722. The smallest absolute Gasteiger partial charge is 0.228 e. The largest absolute Gasteiger partial charge is 0.493 e. The highest BCUT2D eigenvalue weighted by atomic mass is 16.5. The van der Waals surface area contributed by atoms with Crippen molar-refractivity contribution in [2.45, 2.75) is 25.3 Å². The average molecular weight is 234 g/mol. The van der Waals surface area contributed by atoms with Gasteiger partial charge < -0.3 is 15.8 Å². The highest BCUT2D eigenvalue weighted by Crippen LogP contribution is 2.33. The lowest BCUT2D eigenvalue weighted by atomic mass is 9.92. The van der Waals surface area contributed by atoms with Crippen LogP contribution in [0.4, 0.5) is 0 Å². The maximum Gasteiger partial charge on any atom is 0.228 e. The van der Waals surface area contributed by atoms with Gasteiger partial charge in [-0.2, -0.15) is 0 Å². The van der Waals surface area contributed by atoms with Crippen molar-refractivity contribution in [1.82, 2.24) is 5.32 Å². The Morgan fingerprint density at radius 3 is 3.12 bits per heavy atom. The van der Waals surface area contributed by atoms with Gasteiger partial charge in [0.2, 0.25) is 5.91 Å². The number of hydrogen-bond donors (Lipinski definition) is 2. The molecule has 0 saturated heterocycles. The Balaban J connectivity index is 2.15. The summed E-state index contributed by atoms with van der Waals surface area (Å²) in [5, 5.41) is 2.92. The number of nitrogens with one attached hydrogen (secondary N) is 1. The average Bonchev–Trinajstić information content (AvgIpc) is 2.37. The highest BCUT2D eigenvalue weighted by Gasteiger charge is 2.27. The fourth-order valence-corrected chi connectivity index (χ4v) is 2.02. The molecule has 0 spiro atoms. The number of amides is 1. The minimum atomic E-state index is -0.117. The molecule has 1 aromatic carbocycles. The van der Waals surface area contributed by atoms with Crippen LogP contribution in [0.5, 0.6) is 5.75 Å². The number of benzene rings is 1. The molecule has 0 aromatic heterocycles. The summed E-state index contributed by atoms with van der Waals surface area (Å²) in [4.78, 5) is 12.1. The van der Waals surface area contributed by atoms with Crippen LogP contribution in [-0.2, 0) is 4.79 Å². The molecule has 3 N–H and O–H groups in total. The van der Waals surface area contributed by atoms with E-state index in [0.29, 0.717) is 13.2 Å². The molecule has 17 heavy (non-hydrogen) atoms. The fraction of sp³-hybridized carbons (Fsp3) is 0.462. The number of para-hydroxylation sites is 1. The van der Waals surface area contributed by atoms with Gasteiger partial charge in [0.05, 0.1) is 12.5 Å². The maximum absolute atomic E-state index is 12.1. The van der Waals surface area contributed by atoms with Crippen molar-refractivity contribution in [2.75, 3.05) is 13.2 Å². The zero-order chi connectivity index (χ0) is 12.3. The van der Waals surface area contributed by atoms with E-state index in [9.17, 15) is 4.79 Å². The Bertz CT molecular complexity index is 406. The summed E-state index contributed by atoms with van der Waals surface area (Å²) < 4.78 is 5.53. The lowest BCUT2D eigenvalue weighted by molar-refractivity contribution is -0.123. The summed E-state index contributed by atoms with van der Waals surface area (Å²) in [7, 11) is 0. The van der Waals surface area contributed by atoms with Crippen molar-refractivity contribution in [3.8, 4) is 5.75 Å². The first-order chi connectivity index (χ1) is 8.22. The van der Waals surface area contributed by atoms with Crippen LogP contribution in [0.3, 0.4) is 0 Å². The molecule has 1 aromatic rings. The number of carbonyl (C=O) groups is 1. The van der Waals surface area contributed by atoms with Crippen molar-refractivity contribution in [3.05, 3.63) is 29.8 Å². The Kier molecular flexibility index (Phi) is 3.64. The zero-order valence-corrected chi connectivity index (χ0v) is 9.98. The lowest BCUT2D eigenvalue weighted by Gasteiger charge is -2.26. The second kappa shape index (κ2) is 5.19. The topological polar surface area (TPSA) is 64.3 Å². The molecule has 2 atom stereocenters. The third kappa shape index (κ3) is 2.58. The van der Waals surface area contributed by atoms with Crippen molar-refractivity contribution in [1.29, 1.82) is 0 Å². The molecular formula is C13H18N2O2. The molecule has 0 radical (unpaired) electrons. The molecule has 4 nitrogen and oxygen atoms in total. The molecule has 0 fully saturated rings. The van der Waals surface area contributed by atoms with E-state index < -0.39 is 0 Å². The monoisotopic (exact) mass is 234 g/mol. The van der Waals surface area contributed by atoms with Crippen LogP contribution in [0, 0.1) is 0 Å². The van der Waals surface area contributed by atoms with Crippen molar-refractivity contribution >= 4 is 5.91 Å². The van der Waals surface area contributed by atoms with E-state index in [4.69, 9.17) is 10.5 Å². The molecule has 1 amide bonds. The van der Waals surface area contributed by atoms with Gasteiger partial charge in [-0.3, -0.25) is 4.79 Å². The second-order valence-corrected chi connectivity index (χ2v) is 4.37. The van der Waals surface area contributed by atoms with Crippen LogP contribution in [0.2, 0.25) is 0 Å². The Labute approximate surface area is 101 Å². The van der Waals surface area contributed by atoms with Crippen molar-refractivity contribution in [2.24, 2.45) is 5.73 Å². The molecular weight excluding hydrogens is 216 g/mol. The van der Waals surface area contributed by atoms with Crippen molar-refractivity contribution in [3.63, 3.8) is 0 Å². The van der Waals surface area contributed by atoms with Gasteiger partial charge >= 0.3 is 0 Å². The Morgan fingerprint density at radius 1 is 1.59 bits per heavy atom. The summed E-state index contributed by atoms with van der Waals surface area (Å²) in [6.45, 7) is 2.95. The van der Waals surface area contributed by atoms with E-state index in [1.165, 1.54) is 0 Å². The number of carbonyl (C=O) groups excluding carboxylic acids is 1. The molecule has 0 aliphatic carbocycles. The molecule has 92 valence electrons. The van der Waals surface area contributed by atoms with E-state index in [1.54, 1.807) is 0 Å². The van der Waals surface area contributed by atoms with E-state index in [1.807, 2.05) is 31.2 Å². The molecule has 1 heterocycles. The maximum atomic E-state index is 12.1. The molecule has 0 saturated carbocycles. The number of nitrogens with two attached hydrogens (primary N) is 1. The van der Waals surface area contributed by atoms with Gasteiger partial charge in [0.15, 0.2) is 0 Å². The lowest BCUT2D eigenvalue weighted by Crippen LogP contribution is -2.41. The van der Waals surface area contributed by atoms with Gasteiger partial charge in [0.1, 0.15) is 5.75 Å². The van der Waals surface area contributed by atoms with Crippen LogP contribution in [-0.4, -0.2) is 25.1 Å². The normalized spacial score (nSPS) is 20.0. The van der Waals surface area contributed by atoms with E-state index >= 15 is 0 Å². The molecule has 1 aliphatic rings. The van der Waals surface area contributed by atoms with Crippen LogP contribution in [0.25, 0.3) is 0 Å². The van der Waals surface area contributed by atoms with Gasteiger partial charge in [-0.25, -0.2) is 0 Å². The third-order valence-corrected chi connectivity index (χ3v) is 3.02. The number of fused-ring (bicyclic) bond motifs is 1. The van der Waals surface area contributed by atoms with E-state index in [2.05, 4.69) is 5.32 Å². The van der Waals surface area contributed by atoms with Crippen LogP contribution < -0.4 is 15.8 Å². The van der Waals surface area contributed by atoms with Crippen molar-refractivity contribution < 1.29 is 9.53 Å². The molecule has 2 unspecified atom stereocenters. The summed E-state index contributed by atoms with van der Waals surface area (Å²) in [5.74, 6) is 0.743. The molecule has 4 heteroatoms. The predicted molar refractivity (Wildman–Crippen MR) is 66.0 cm³/mol. The Morgan fingerprint density at radius 2 is 2.35 bits per heavy atom. The van der Waals surface area contributed by atoms with Crippen LogP contribution in [0.15, 0.2) is 24.3 Å². The molecule has 2 rings (SSSR count). The number of rotatable bonds is 3. The second-order valence-electron chi connectivity index (χ2n) is 4.37. The SMILES string of the molecule is CC(CN)NC(=O)C1CCOc2ccccc21. The highest BCUT2D eigenvalue weighted by molar-refractivity contribution is 5.85. The van der Waals surface area contributed by atoms with Gasteiger partial charge in [-0.1, -0.05) is 18.2 Å². The first kappa shape index (κ1) is 11.9. The minimum absolute atomic E-state index is 0.0116. The van der Waals surface area contributed by atoms with Gasteiger partial charge in [-0.05, 0) is 19.4 Å². The van der Waals surface area contributed by atoms with E-state index in [-0.39, 0.29) is 17.9 Å². The van der Waals surface area contributed by atoms with E-state index in [0.717, 1.165) is 17.7 Å². The summed E-state index contributed by atoms with van der Waals surface area (Å²) >= 11 is 0. The van der Waals surface area contributed by atoms with Gasteiger partial charge in [0, 0.05) is 18.2 Å². The summed E-state index contributed by atoms with van der Waals surface area (Å²) in [6, 6.07) is 7.71. The third-order valence-electron chi connectivity index (χ3n) is 3.02. The predicted octanol–water partition coefficient (Wildman–Crippen LogP) is 1.02. The fourth-order valence-electron chi connectivity index (χ4n) is 2.02. The van der Waals surface area contributed by atoms with Gasteiger partial charge in [-0.15, -0.1) is 0 Å². The first-order valence-electron chi connectivity index (χ1n) is 5.94. The summed E-state index contributed by atoms with van der Waals surface area (Å²) in [5.41, 5.74) is 6.48. The first-order valence-corrected chi connectivity index (χ1v) is 5.94. The number of hydrogen-bond acceptors (Lipinski definition) is 3. The quantitative estimate of drug-likeness (QED) is 0.820. The van der Waals surface area contributed by atoms with Crippen LogP contribution >= 0.6 is 0 Å². The Hall–Kier alpha value is -1.55. The number of ether oxygens (including phenoxy) is 1. The molecule has 1 aliphatic heterocycles. The molecule has 0 bridgehead atoms. The van der Waals surface area contributed by atoms with Gasteiger partial charge in [0.25, 0.3) is 0 Å².